The average molecular weight is 356 g/mol. The lowest BCUT2D eigenvalue weighted by Gasteiger charge is -2.21. The van der Waals surface area contributed by atoms with Crippen molar-refractivity contribution in [2.24, 2.45) is 0 Å². The summed E-state index contributed by atoms with van der Waals surface area (Å²) in [7, 11) is 2.06. The third-order valence-corrected chi connectivity index (χ3v) is 5.19. The molecule has 0 spiro atoms. The molecule has 0 aliphatic carbocycles. The second-order valence-corrected chi connectivity index (χ2v) is 7.10. The van der Waals surface area contributed by atoms with E-state index in [4.69, 9.17) is 12.2 Å². The smallest absolute Gasteiger partial charge is 0.257 e. The standard InChI is InChI=1S/C17H16N4OS2/c1-21-8-7-12-13(9-18)16(24-14(12)10-21)20-17(23)19-15(22)11-5-3-2-4-6-11/h2-6H,7-8,10H2,1H3,(H2,19,20,22,23). The normalized spacial score (nSPS) is 13.7. The zero-order valence-corrected chi connectivity index (χ0v) is 14.8. The van der Waals surface area contributed by atoms with Gasteiger partial charge in [0.05, 0.1) is 5.56 Å². The monoisotopic (exact) mass is 356 g/mol. The van der Waals surface area contributed by atoms with Gasteiger partial charge >= 0.3 is 0 Å². The average Bonchev–Trinajstić information content (AvgIpc) is 2.91. The molecule has 0 fully saturated rings. The summed E-state index contributed by atoms with van der Waals surface area (Å²) in [6.45, 7) is 1.77. The Balaban J connectivity index is 1.73. The molecule has 2 aromatic rings. The van der Waals surface area contributed by atoms with Crippen LogP contribution in [0.15, 0.2) is 30.3 Å². The van der Waals surface area contributed by atoms with Crippen LogP contribution in [0.5, 0.6) is 0 Å². The summed E-state index contributed by atoms with van der Waals surface area (Å²) in [4.78, 5) is 15.5. The van der Waals surface area contributed by atoms with Crippen molar-refractivity contribution in [1.29, 1.82) is 5.26 Å². The second-order valence-electron chi connectivity index (χ2n) is 5.58. The van der Waals surface area contributed by atoms with Gasteiger partial charge in [0.1, 0.15) is 11.1 Å². The van der Waals surface area contributed by atoms with Crippen LogP contribution in [0.2, 0.25) is 0 Å². The molecule has 0 atom stereocenters. The van der Waals surface area contributed by atoms with E-state index in [-0.39, 0.29) is 11.0 Å². The lowest BCUT2D eigenvalue weighted by molar-refractivity contribution is 0.0977. The van der Waals surface area contributed by atoms with Crippen LogP contribution >= 0.6 is 23.6 Å². The number of likely N-dealkylation sites (N-methyl/N-ethyl adjacent to an activating group) is 1. The van der Waals surface area contributed by atoms with E-state index >= 15 is 0 Å². The van der Waals surface area contributed by atoms with E-state index < -0.39 is 0 Å². The quantitative estimate of drug-likeness (QED) is 0.810. The number of amides is 1. The van der Waals surface area contributed by atoms with Crippen LogP contribution in [-0.4, -0.2) is 29.5 Å². The van der Waals surface area contributed by atoms with Gasteiger partial charge in [-0.05, 0) is 43.4 Å². The van der Waals surface area contributed by atoms with E-state index in [9.17, 15) is 10.1 Å². The van der Waals surface area contributed by atoms with Gasteiger partial charge in [0.25, 0.3) is 5.91 Å². The van der Waals surface area contributed by atoms with Gasteiger partial charge < -0.3 is 10.2 Å². The van der Waals surface area contributed by atoms with Crippen LogP contribution in [-0.2, 0) is 13.0 Å². The number of thiocarbonyl (C=S) groups is 1. The lowest BCUT2D eigenvalue weighted by Crippen LogP contribution is -2.34. The van der Waals surface area contributed by atoms with Crippen molar-refractivity contribution in [3.05, 3.63) is 51.9 Å². The van der Waals surface area contributed by atoms with E-state index in [0.29, 0.717) is 16.1 Å². The Morgan fingerprint density at radius 3 is 2.83 bits per heavy atom. The maximum absolute atomic E-state index is 12.1. The number of carbonyl (C=O) groups is 1. The molecule has 0 unspecified atom stereocenters. The van der Waals surface area contributed by atoms with Crippen LogP contribution in [0.4, 0.5) is 5.00 Å². The number of hydrogen-bond donors (Lipinski definition) is 2. The summed E-state index contributed by atoms with van der Waals surface area (Å²) in [6.07, 6.45) is 0.857. The van der Waals surface area contributed by atoms with Crippen molar-refractivity contribution in [2.45, 2.75) is 13.0 Å². The molecule has 1 aromatic carbocycles. The number of nitrogens with one attached hydrogen (secondary N) is 2. The second kappa shape index (κ2) is 7.09. The van der Waals surface area contributed by atoms with E-state index in [2.05, 4.69) is 28.7 Å². The highest BCUT2D eigenvalue weighted by atomic mass is 32.1. The summed E-state index contributed by atoms with van der Waals surface area (Å²) in [5.41, 5.74) is 2.27. The molecule has 1 aliphatic rings. The molecule has 5 nitrogen and oxygen atoms in total. The van der Waals surface area contributed by atoms with Crippen molar-refractivity contribution in [1.82, 2.24) is 10.2 Å². The molecule has 1 amide bonds. The number of hydrogen-bond acceptors (Lipinski definition) is 5. The van der Waals surface area contributed by atoms with Crippen LogP contribution in [0.25, 0.3) is 0 Å². The van der Waals surface area contributed by atoms with Crippen LogP contribution in [0.1, 0.15) is 26.4 Å². The summed E-state index contributed by atoms with van der Waals surface area (Å²) >= 11 is 6.75. The predicted molar refractivity (Wildman–Crippen MR) is 99.2 cm³/mol. The molecule has 0 saturated carbocycles. The zero-order chi connectivity index (χ0) is 17.1. The fraction of sp³-hybridized carbons (Fsp3) is 0.235. The van der Waals surface area contributed by atoms with Gasteiger partial charge in [-0.25, -0.2) is 0 Å². The van der Waals surface area contributed by atoms with E-state index in [0.717, 1.165) is 25.1 Å². The van der Waals surface area contributed by atoms with Crippen LogP contribution in [0, 0.1) is 11.3 Å². The van der Waals surface area contributed by atoms with Gasteiger partial charge in [-0.15, -0.1) is 11.3 Å². The van der Waals surface area contributed by atoms with E-state index in [1.807, 2.05) is 6.07 Å². The van der Waals surface area contributed by atoms with Crippen molar-refractivity contribution < 1.29 is 4.79 Å². The highest BCUT2D eigenvalue weighted by Crippen LogP contribution is 2.36. The maximum atomic E-state index is 12.1. The minimum atomic E-state index is -0.271. The summed E-state index contributed by atoms with van der Waals surface area (Å²) in [5, 5.41) is 16.0. The fourth-order valence-electron chi connectivity index (χ4n) is 2.64. The minimum Gasteiger partial charge on any atom is -0.323 e. The zero-order valence-electron chi connectivity index (χ0n) is 13.1. The van der Waals surface area contributed by atoms with Crippen LogP contribution in [0.3, 0.4) is 0 Å². The molecule has 7 heteroatoms. The molecule has 0 radical (unpaired) electrons. The van der Waals surface area contributed by atoms with Gasteiger partial charge in [-0.1, -0.05) is 18.2 Å². The first-order valence-electron chi connectivity index (χ1n) is 7.49. The molecule has 2 heterocycles. The van der Waals surface area contributed by atoms with Gasteiger partial charge in [-0.2, -0.15) is 5.26 Å². The van der Waals surface area contributed by atoms with Crippen molar-refractivity contribution in [2.75, 3.05) is 18.9 Å². The number of benzene rings is 1. The molecule has 0 saturated heterocycles. The Hall–Kier alpha value is -2.27. The number of anilines is 1. The predicted octanol–water partition coefficient (Wildman–Crippen LogP) is 2.73. The van der Waals surface area contributed by atoms with Crippen LogP contribution < -0.4 is 10.6 Å². The Morgan fingerprint density at radius 2 is 2.12 bits per heavy atom. The summed E-state index contributed by atoms with van der Waals surface area (Å²) in [6, 6.07) is 11.1. The lowest BCUT2D eigenvalue weighted by atomic mass is 10.0. The molecule has 122 valence electrons. The third-order valence-electron chi connectivity index (χ3n) is 3.85. The first-order chi connectivity index (χ1) is 11.6. The number of rotatable bonds is 2. The Morgan fingerprint density at radius 1 is 1.38 bits per heavy atom. The third kappa shape index (κ3) is 3.46. The van der Waals surface area contributed by atoms with Crippen molar-refractivity contribution in [3.63, 3.8) is 0 Å². The molecule has 1 aliphatic heterocycles. The molecule has 3 rings (SSSR count). The first kappa shape index (κ1) is 16.6. The number of nitriles is 1. The van der Waals surface area contributed by atoms with Gasteiger partial charge in [0.2, 0.25) is 0 Å². The summed E-state index contributed by atoms with van der Waals surface area (Å²) in [5.74, 6) is -0.271. The number of thiophene rings is 1. The highest BCUT2D eigenvalue weighted by molar-refractivity contribution is 7.80. The number of nitrogens with zero attached hydrogens (tertiary/aromatic N) is 2. The molecule has 2 N–H and O–H groups in total. The molecule has 24 heavy (non-hydrogen) atoms. The minimum absolute atomic E-state index is 0.201. The Kier molecular flexibility index (Phi) is 4.90. The summed E-state index contributed by atoms with van der Waals surface area (Å²) < 4.78 is 0. The molecule has 0 bridgehead atoms. The van der Waals surface area contributed by atoms with E-state index in [1.165, 1.54) is 16.2 Å². The van der Waals surface area contributed by atoms with E-state index in [1.54, 1.807) is 24.3 Å². The first-order valence-corrected chi connectivity index (χ1v) is 8.71. The molecule has 1 aromatic heterocycles. The largest absolute Gasteiger partial charge is 0.323 e. The Labute approximate surface area is 149 Å². The highest BCUT2D eigenvalue weighted by Gasteiger charge is 2.23. The number of carbonyl (C=O) groups excluding carboxylic acids is 1. The van der Waals surface area contributed by atoms with Gasteiger partial charge in [-0.3, -0.25) is 10.1 Å². The van der Waals surface area contributed by atoms with Gasteiger partial charge in [0.15, 0.2) is 5.11 Å². The molecular weight excluding hydrogens is 340 g/mol. The topological polar surface area (TPSA) is 68.2 Å². The molecular formula is C17H16N4OS2. The van der Waals surface area contributed by atoms with Crippen molar-refractivity contribution >= 4 is 39.6 Å². The fourth-order valence-corrected chi connectivity index (χ4v) is 4.18. The SMILES string of the molecule is CN1CCc2c(sc(NC(=S)NC(=O)c3ccccc3)c2C#N)C1. The van der Waals surface area contributed by atoms with Crippen molar-refractivity contribution in [3.8, 4) is 6.07 Å². The number of fused-ring (bicyclic) bond motifs is 1. The maximum Gasteiger partial charge on any atom is 0.257 e. The van der Waals surface area contributed by atoms with Gasteiger partial charge in [0, 0.05) is 23.5 Å². The Bertz CT molecular complexity index is 823.